The number of piperazine rings is 1. The number of carbonyl (C=O) groups is 2. The van der Waals surface area contributed by atoms with Crippen LogP contribution in [0.1, 0.15) is 13.8 Å². The highest BCUT2D eigenvalue weighted by Crippen LogP contribution is 2.17. The van der Waals surface area contributed by atoms with Crippen LogP contribution in [0.25, 0.3) is 0 Å². The Balaban J connectivity index is 2.89. The van der Waals surface area contributed by atoms with Gasteiger partial charge in [-0.2, -0.15) is 0 Å². The maximum atomic E-state index is 11.4. The lowest BCUT2D eigenvalue weighted by molar-refractivity contribution is -0.146. The van der Waals surface area contributed by atoms with Gasteiger partial charge in [0.2, 0.25) is 11.8 Å². The molecule has 0 aromatic rings. The van der Waals surface area contributed by atoms with Gasteiger partial charge in [-0.1, -0.05) is 6.58 Å². The van der Waals surface area contributed by atoms with E-state index in [1.807, 2.05) is 0 Å². The van der Waals surface area contributed by atoms with Gasteiger partial charge in [0, 0.05) is 13.1 Å². The first-order valence-corrected chi connectivity index (χ1v) is 4.22. The molecular weight excluding hydrogens is 168 g/mol. The molecule has 72 valence electrons. The third-order valence-electron chi connectivity index (χ3n) is 2.29. The lowest BCUT2D eigenvalue weighted by Gasteiger charge is -2.40. The average Bonchev–Trinajstić information content (AvgIpc) is 2.08. The van der Waals surface area contributed by atoms with Crippen molar-refractivity contribution in [3.05, 3.63) is 12.7 Å². The van der Waals surface area contributed by atoms with Gasteiger partial charge in [0.05, 0.1) is 0 Å². The summed E-state index contributed by atoms with van der Waals surface area (Å²) in [5.41, 5.74) is -0.760. The summed E-state index contributed by atoms with van der Waals surface area (Å²) in [6.45, 7) is 7.91. The Morgan fingerprint density at radius 1 is 1.69 bits per heavy atom. The molecule has 4 heteroatoms. The zero-order chi connectivity index (χ0) is 10.1. The fraction of sp³-hybridized carbons (Fsp3) is 0.556. The molecule has 0 aliphatic carbocycles. The summed E-state index contributed by atoms with van der Waals surface area (Å²) in [7, 11) is 0. The molecule has 0 bridgehead atoms. The van der Waals surface area contributed by atoms with E-state index < -0.39 is 5.54 Å². The van der Waals surface area contributed by atoms with E-state index in [1.165, 1.54) is 11.0 Å². The van der Waals surface area contributed by atoms with E-state index in [4.69, 9.17) is 0 Å². The molecule has 1 N–H and O–H groups in total. The Labute approximate surface area is 77.6 Å². The van der Waals surface area contributed by atoms with E-state index in [1.54, 1.807) is 13.8 Å². The van der Waals surface area contributed by atoms with Crippen molar-refractivity contribution >= 4 is 11.8 Å². The van der Waals surface area contributed by atoms with Gasteiger partial charge in [-0.15, -0.1) is 0 Å². The van der Waals surface area contributed by atoms with Gasteiger partial charge in [-0.05, 0) is 19.9 Å². The first kappa shape index (κ1) is 9.77. The van der Waals surface area contributed by atoms with E-state index in [0.717, 1.165) is 0 Å². The van der Waals surface area contributed by atoms with Gasteiger partial charge in [0.25, 0.3) is 0 Å². The molecule has 1 heterocycles. The quantitative estimate of drug-likeness (QED) is 0.576. The maximum Gasteiger partial charge on any atom is 0.246 e. The minimum atomic E-state index is -0.760. The molecule has 0 aromatic carbocycles. The van der Waals surface area contributed by atoms with Crippen LogP contribution in [-0.2, 0) is 9.59 Å². The molecular formula is C9H14N2O2. The summed E-state index contributed by atoms with van der Waals surface area (Å²) in [5, 5.41) is 2.71. The number of nitrogens with one attached hydrogen (secondary N) is 1. The fourth-order valence-electron chi connectivity index (χ4n) is 1.40. The van der Waals surface area contributed by atoms with Crippen LogP contribution in [-0.4, -0.2) is 35.3 Å². The first-order valence-electron chi connectivity index (χ1n) is 4.22. The van der Waals surface area contributed by atoms with Crippen LogP contribution in [0.2, 0.25) is 0 Å². The van der Waals surface area contributed by atoms with Gasteiger partial charge in [-0.25, -0.2) is 0 Å². The third-order valence-corrected chi connectivity index (χ3v) is 2.29. The van der Waals surface area contributed by atoms with Gasteiger partial charge >= 0.3 is 0 Å². The summed E-state index contributed by atoms with van der Waals surface area (Å²) in [6.07, 6.45) is 1.24. The maximum absolute atomic E-state index is 11.4. The number of carbonyl (C=O) groups excluding carboxylic acids is 2. The zero-order valence-electron chi connectivity index (χ0n) is 7.96. The highest BCUT2D eigenvalue weighted by molar-refractivity contribution is 5.95. The van der Waals surface area contributed by atoms with Gasteiger partial charge in [0.1, 0.15) is 5.54 Å². The number of hydrogen-bond donors (Lipinski definition) is 1. The molecule has 0 spiro atoms. The highest BCUT2D eigenvalue weighted by atomic mass is 16.2. The molecule has 4 nitrogen and oxygen atoms in total. The third kappa shape index (κ3) is 1.56. The molecule has 0 radical (unpaired) electrons. The molecule has 0 atom stereocenters. The molecule has 0 saturated carbocycles. The van der Waals surface area contributed by atoms with Crippen LogP contribution in [0.4, 0.5) is 0 Å². The Bertz CT molecular complexity index is 258. The number of hydrogen-bond acceptors (Lipinski definition) is 2. The Morgan fingerprint density at radius 3 is 2.85 bits per heavy atom. The molecule has 0 aromatic heterocycles. The van der Waals surface area contributed by atoms with Crippen molar-refractivity contribution in [3.8, 4) is 0 Å². The second-order valence-electron chi connectivity index (χ2n) is 3.51. The van der Waals surface area contributed by atoms with E-state index in [2.05, 4.69) is 11.9 Å². The predicted molar refractivity (Wildman–Crippen MR) is 49.0 cm³/mol. The molecule has 0 unspecified atom stereocenters. The fourth-order valence-corrected chi connectivity index (χ4v) is 1.40. The van der Waals surface area contributed by atoms with Crippen LogP contribution in [0, 0.1) is 0 Å². The topological polar surface area (TPSA) is 49.4 Å². The SMILES string of the molecule is C=CC(=O)N1CCNC(=O)C1(C)C. The summed E-state index contributed by atoms with van der Waals surface area (Å²) in [5.74, 6) is -0.311. The zero-order valence-corrected chi connectivity index (χ0v) is 7.96. The van der Waals surface area contributed by atoms with Crippen molar-refractivity contribution in [1.82, 2.24) is 10.2 Å². The summed E-state index contributed by atoms with van der Waals surface area (Å²) in [6, 6.07) is 0. The molecule has 1 saturated heterocycles. The van der Waals surface area contributed by atoms with Crippen LogP contribution in [0.15, 0.2) is 12.7 Å². The monoisotopic (exact) mass is 182 g/mol. The predicted octanol–water partition coefficient (Wildman–Crippen LogP) is -0.0906. The summed E-state index contributed by atoms with van der Waals surface area (Å²) >= 11 is 0. The molecule has 1 fully saturated rings. The van der Waals surface area contributed by atoms with E-state index >= 15 is 0 Å². The molecule has 1 rings (SSSR count). The van der Waals surface area contributed by atoms with Crippen molar-refractivity contribution < 1.29 is 9.59 Å². The second-order valence-corrected chi connectivity index (χ2v) is 3.51. The van der Waals surface area contributed by atoms with Crippen LogP contribution >= 0.6 is 0 Å². The Hall–Kier alpha value is -1.32. The second kappa shape index (κ2) is 3.20. The van der Waals surface area contributed by atoms with Crippen molar-refractivity contribution in [2.45, 2.75) is 19.4 Å². The summed E-state index contributed by atoms with van der Waals surface area (Å²) in [4.78, 5) is 24.3. The number of rotatable bonds is 1. The van der Waals surface area contributed by atoms with Crippen molar-refractivity contribution in [2.24, 2.45) is 0 Å². The van der Waals surface area contributed by atoms with Gasteiger partial charge < -0.3 is 10.2 Å². The molecule has 2 amide bonds. The van der Waals surface area contributed by atoms with E-state index in [0.29, 0.717) is 13.1 Å². The van der Waals surface area contributed by atoms with Gasteiger partial charge in [0.15, 0.2) is 0 Å². The van der Waals surface area contributed by atoms with E-state index in [-0.39, 0.29) is 11.8 Å². The number of amides is 2. The number of nitrogens with zero attached hydrogens (tertiary/aromatic N) is 1. The van der Waals surface area contributed by atoms with Gasteiger partial charge in [-0.3, -0.25) is 9.59 Å². The lowest BCUT2D eigenvalue weighted by Crippen LogP contribution is -2.63. The van der Waals surface area contributed by atoms with Crippen molar-refractivity contribution in [1.29, 1.82) is 0 Å². The summed E-state index contributed by atoms with van der Waals surface area (Å²) < 4.78 is 0. The molecule has 1 aliphatic heterocycles. The largest absolute Gasteiger partial charge is 0.352 e. The van der Waals surface area contributed by atoms with Crippen LogP contribution in [0.3, 0.4) is 0 Å². The normalized spacial score (nSPS) is 20.8. The average molecular weight is 182 g/mol. The Morgan fingerprint density at radius 2 is 2.31 bits per heavy atom. The smallest absolute Gasteiger partial charge is 0.246 e. The van der Waals surface area contributed by atoms with Crippen molar-refractivity contribution in [3.63, 3.8) is 0 Å². The standard InChI is InChI=1S/C9H14N2O2/c1-4-7(12)11-6-5-10-8(13)9(11,2)3/h4H,1,5-6H2,2-3H3,(H,10,13). The van der Waals surface area contributed by atoms with Crippen LogP contribution < -0.4 is 5.32 Å². The highest BCUT2D eigenvalue weighted by Gasteiger charge is 2.39. The van der Waals surface area contributed by atoms with E-state index in [9.17, 15) is 9.59 Å². The first-order chi connectivity index (χ1) is 6.00. The molecule has 13 heavy (non-hydrogen) atoms. The minimum Gasteiger partial charge on any atom is -0.352 e. The minimum absolute atomic E-state index is 0.117. The molecule has 1 aliphatic rings. The van der Waals surface area contributed by atoms with Crippen LogP contribution in [0.5, 0.6) is 0 Å². The Kier molecular flexibility index (Phi) is 2.40. The lowest BCUT2D eigenvalue weighted by atomic mass is 9.99. The van der Waals surface area contributed by atoms with Crippen molar-refractivity contribution in [2.75, 3.05) is 13.1 Å².